The zero-order valence-corrected chi connectivity index (χ0v) is 39.1. The minimum absolute atomic E-state index is 0. The number of halogens is 3. The van der Waals surface area contributed by atoms with E-state index >= 15 is 0 Å². The number of nitro benzene ring substituents is 1. The molecule has 0 radical (unpaired) electrons. The third-order valence-electron chi connectivity index (χ3n) is 12.7. The topological polar surface area (TPSA) is 130 Å². The maximum absolute atomic E-state index is 13.7. The molecule has 2 fully saturated rings. The molecule has 2 aliphatic heterocycles. The summed E-state index contributed by atoms with van der Waals surface area (Å²) in [6, 6.07) is 37.2. The number of nitrogens with zero attached hydrogens (tertiary/aromatic N) is 4. The van der Waals surface area contributed by atoms with Crippen LogP contribution >= 0.6 is 48.2 Å². The maximum atomic E-state index is 13.7. The van der Waals surface area contributed by atoms with Crippen LogP contribution in [0.25, 0.3) is 22.0 Å². The zero-order valence-electron chi connectivity index (χ0n) is 35.1. The first-order valence-corrected chi connectivity index (χ1v) is 24.1. The number of thioether (sulfide) groups is 1. The van der Waals surface area contributed by atoms with Gasteiger partial charge in [-0.2, -0.15) is 0 Å². The molecule has 2 N–H and O–H groups in total. The standard InChI is InChI=1S/C48H49ClN6O5S2.2ClH/c49-39-16-13-33(14-17-39)44-12-5-4-7-37(44)30-53-23-24-54-41(31-53)26-38-25-34(15-20-46(38)54)48(56)51-62(59,60)43-18-19-45(47(27-43)55(57)58)50-40(32-61-42-10-2-1-3-11-42)21-22-52-28-35-8-6-9-36(35)29-52;;/h1-5,7,10-20,25-27,35-36,40,50H,6,8-9,21-24,28-32H2,(H,51,56);2*1H/t35-,36+,40?;;. The number of benzene rings is 5. The molecule has 5 aromatic carbocycles. The van der Waals surface area contributed by atoms with E-state index in [-0.39, 0.29) is 52.7 Å². The van der Waals surface area contributed by atoms with Crippen molar-refractivity contribution in [1.29, 1.82) is 0 Å². The molecule has 0 spiro atoms. The largest absolute Gasteiger partial charge is 0.376 e. The van der Waals surface area contributed by atoms with Crippen LogP contribution in [-0.2, 0) is 29.7 Å². The van der Waals surface area contributed by atoms with Crippen LogP contribution in [0.2, 0.25) is 5.02 Å². The molecule has 9 rings (SSSR count). The third kappa shape index (κ3) is 10.7. The lowest BCUT2D eigenvalue weighted by Crippen LogP contribution is -2.33. The van der Waals surface area contributed by atoms with Gasteiger partial charge in [0.25, 0.3) is 21.6 Å². The lowest BCUT2D eigenvalue weighted by Gasteiger charge is -2.29. The summed E-state index contributed by atoms with van der Waals surface area (Å²) in [5.41, 5.74) is 5.59. The quantitative estimate of drug-likeness (QED) is 0.0587. The molecule has 1 amide bonds. The smallest absolute Gasteiger partial charge is 0.293 e. The molecule has 3 atom stereocenters. The van der Waals surface area contributed by atoms with Gasteiger partial charge in [-0.3, -0.25) is 19.8 Å². The van der Waals surface area contributed by atoms with E-state index in [0.717, 1.165) is 96.2 Å². The summed E-state index contributed by atoms with van der Waals surface area (Å²) in [6.45, 7) is 6.14. The fraction of sp³-hybridized carbons (Fsp3) is 0.312. The van der Waals surface area contributed by atoms with Crippen LogP contribution in [0.3, 0.4) is 0 Å². The lowest BCUT2D eigenvalue weighted by atomic mass is 9.99. The molecule has 16 heteroatoms. The van der Waals surface area contributed by atoms with Crippen molar-refractivity contribution < 1.29 is 18.1 Å². The summed E-state index contributed by atoms with van der Waals surface area (Å²) < 4.78 is 31.7. The van der Waals surface area contributed by atoms with Gasteiger partial charge in [-0.05, 0) is 108 Å². The molecule has 0 bridgehead atoms. The molecule has 11 nitrogen and oxygen atoms in total. The highest BCUT2D eigenvalue weighted by atomic mass is 35.5. The van der Waals surface area contributed by atoms with Crippen LogP contribution in [0, 0.1) is 22.0 Å². The van der Waals surface area contributed by atoms with Crippen molar-refractivity contribution in [3.05, 3.63) is 153 Å². The Kier molecular flexibility index (Phi) is 15.3. The van der Waals surface area contributed by atoms with E-state index in [1.807, 2.05) is 66.7 Å². The fourth-order valence-corrected chi connectivity index (χ4v) is 11.6. The SMILES string of the molecule is Cl.Cl.O=C(NS(=O)(=O)c1ccc(NC(CCN2C[C@H]3CCC[C@H]3C2)CSc2ccccc2)c([N+](=O)[O-])c1)c1ccc2c(c1)cc1n2CCN(Cc2ccccc2-c2ccc(Cl)cc2)C1. The van der Waals surface area contributed by atoms with Crippen molar-refractivity contribution in [2.75, 3.05) is 37.2 Å². The van der Waals surface area contributed by atoms with E-state index in [1.54, 1.807) is 23.9 Å². The molecule has 1 aliphatic carbocycles. The van der Waals surface area contributed by atoms with Crippen molar-refractivity contribution in [3.63, 3.8) is 0 Å². The summed E-state index contributed by atoms with van der Waals surface area (Å²) in [7, 11) is -4.46. The summed E-state index contributed by atoms with van der Waals surface area (Å²) in [4.78, 5) is 31.1. The van der Waals surface area contributed by atoms with Crippen molar-refractivity contribution in [2.45, 2.75) is 61.2 Å². The summed E-state index contributed by atoms with van der Waals surface area (Å²) >= 11 is 7.84. The molecule has 6 aromatic rings. The Bertz CT molecular complexity index is 2710. The predicted molar refractivity (Wildman–Crippen MR) is 262 cm³/mol. The molecule has 336 valence electrons. The Morgan fingerprint density at radius 3 is 2.34 bits per heavy atom. The number of nitrogens with one attached hydrogen (secondary N) is 2. The molecule has 64 heavy (non-hydrogen) atoms. The van der Waals surface area contributed by atoms with Crippen LogP contribution in [-0.4, -0.2) is 71.6 Å². The molecule has 3 aliphatic rings. The second-order valence-electron chi connectivity index (χ2n) is 16.8. The highest BCUT2D eigenvalue weighted by molar-refractivity contribution is 7.99. The molecular weight excluding hydrogens is 911 g/mol. The first kappa shape index (κ1) is 47.4. The minimum Gasteiger partial charge on any atom is -0.376 e. The number of sulfonamides is 1. The van der Waals surface area contributed by atoms with Gasteiger partial charge < -0.3 is 14.8 Å². The number of likely N-dealkylation sites (tertiary alicyclic amines) is 1. The highest BCUT2D eigenvalue weighted by Crippen LogP contribution is 2.38. The zero-order chi connectivity index (χ0) is 42.8. The van der Waals surface area contributed by atoms with Crippen molar-refractivity contribution in [2.24, 2.45) is 11.8 Å². The molecule has 1 unspecified atom stereocenters. The van der Waals surface area contributed by atoms with Gasteiger partial charge in [0.15, 0.2) is 0 Å². The molecule has 1 aromatic heterocycles. The number of amides is 1. The fourth-order valence-electron chi connectivity index (χ4n) is 9.53. The van der Waals surface area contributed by atoms with Gasteiger partial charge >= 0.3 is 0 Å². The first-order chi connectivity index (χ1) is 30.1. The van der Waals surface area contributed by atoms with Crippen molar-refractivity contribution in [3.8, 4) is 11.1 Å². The summed E-state index contributed by atoms with van der Waals surface area (Å²) in [5, 5.41) is 17.4. The van der Waals surface area contributed by atoms with E-state index in [0.29, 0.717) is 17.3 Å². The van der Waals surface area contributed by atoms with Gasteiger partial charge in [0.1, 0.15) is 5.69 Å². The molecule has 1 saturated carbocycles. The van der Waals surface area contributed by atoms with E-state index in [1.165, 1.54) is 37.0 Å². The molecule has 3 heterocycles. The predicted octanol–water partition coefficient (Wildman–Crippen LogP) is 10.5. The van der Waals surface area contributed by atoms with Gasteiger partial charge in [0, 0.05) is 95.8 Å². The number of nitro groups is 1. The average molecular weight is 962 g/mol. The number of anilines is 1. The van der Waals surface area contributed by atoms with Crippen LogP contribution in [0.15, 0.2) is 131 Å². The Labute approximate surface area is 396 Å². The normalized spacial score (nSPS) is 17.8. The first-order valence-electron chi connectivity index (χ1n) is 21.3. The third-order valence-corrected chi connectivity index (χ3v) is 15.4. The van der Waals surface area contributed by atoms with E-state index in [4.69, 9.17) is 11.6 Å². The average Bonchev–Trinajstić information content (AvgIpc) is 3.99. The molecular formula is C48H51Cl3N6O5S2. The van der Waals surface area contributed by atoms with Crippen molar-refractivity contribution in [1.82, 2.24) is 19.1 Å². The van der Waals surface area contributed by atoms with Gasteiger partial charge in [0.05, 0.1) is 9.82 Å². The Hall–Kier alpha value is -4.60. The van der Waals surface area contributed by atoms with Crippen molar-refractivity contribution >= 4 is 86.4 Å². The lowest BCUT2D eigenvalue weighted by molar-refractivity contribution is -0.384. The second kappa shape index (κ2) is 20.7. The number of aromatic nitrogens is 1. The summed E-state index contributed by atoms with van der Waals surface area (Å²) in [6.07, 6.45) is 4.68. The minimum atomic E-state index is -4.46. The van der Waals surface area contributed by atoms with Gasteiger partial charge in [-0.15, -0.1) is 36.6 Å². The highest BCUT2D eigenvalue weighted by Gasteiger charge is 2.36. The Morgan fingerprint density at radius 1 is 0.859 bits per heavy atom. The Balaban J connectivity index is 0.00000306. The van der Waals surface area contributed by atoms with E-state index in [9.17, 15) is 23.3 Å². The van der Waals surface area contributed by atoms with Gasteiger partial charge in [-0.25, -0.2) is 13.1 Å². The maximum Gasteiger partial charge on any atom is 0.293 e. The van der Waals surface area contributed by atoms with E-state index < -0.39 is 20.9 Å². The van der Waals surface area contributed by atoms with Crippen LogP contribution in [0.5, 0.6) is 0 Å². The van der Waals surface area contributed by atoms with Crippen LogP contribution in [0.1, 0.15) is 47.3 Å². The Morgan fingerprint density at radius 2 is 1.59 bits per heavy atom. The number of hydrogen-bond acceptors (Lipinski definition) is 9. The second-order valence-corrected chi connectivity index (χ2v) is 20.0. The monoisotopic (exact) mass is 960 g/mol. The number of hydrogen-bond donors (Lipinski definition) is 2. The van der Waals surface area contributed by atoms with Gasteiger partial charge in [0.2, 0.25) is 0 Å². The van der Waals surface area contributed by atoms with Crippen LogP contribution < -0.4 is 10.0 Å². The molecule has 1 saturated heterocycles. The summed E-state index contributed by atoms with van der Waals surface area (Å²) in [5.74, 6) is 1.40. The number of fused-ring (bicyclic) bond motifs is 4. The number of rotatable bonds is 15. The number of carbonyl (C=O) groups is 1. The van der Waals surface area contributed by atoms with Gasteiger partial charge in [-0.1, -0.05) is 72.6 Å². The number of carbonyl (C=O) groups excluding carboxylic acids is 1. The van der Waals surface area contributed by atoms with E-state index in [2.05, 4.69) is 48.7 Å². The van der Waals surface area contributed by atoms with Crippen LogP contribution in [0.4, 0.5) is 11.4 Å².